The fourth-order valence-corrected chi connectivity index (χ4v) is 5.88. The van der Waals surface area contributed by atoms with Crippen LogP contribution in [0, 0.1) is 0 Å². The van der Waals surface area contributed by atoms with Crippen LogP contribution in [0.25, 0.3) is 65.7 Å². The molecule has 0 N–H and O–H groups in total. The van der Waals surface area contributed by atoms with Crippen LogP contribution < -0.4 is 4.74 Å². The summed E-state index contributed by atoms with van der Waals surface area (Å²) in [7, 11) is 0. The van der Waals surface area contributed by atoms with Crippen molar-refractivity contribution in [1.29, 1.82) is 0 Å². The molecule has 0 amide bonds. The average Bonchev–Trinajstić information content (AvgIpc) is 2.97. The number of benzene rings is 7. The van der Waals surface area contributed by atoms with Gasteiger partial charge < -0.3 is 4.74 Å². The minimum absolute atomic E-state index is 0.912. The number of rotatable bonds is 2. The summed E-state index contributed by atoms with van der Waals surface area (Å²) in [4.78, 5) is 0. The molecule has 1 aliphatic rings. The lowest BCUT2D eigenvalue weighted by atomic mass is 9.91. The molecule has 172 valence electrons. The van der Waals surface area contributed by atoms with Gasteiger partial charge in [0, 0.05) is 10.9 Å². The summed E-state index contributed by atoms with van der Waals surface area (Å²) >= 11 is 0. The van der Waals surface area contributed by atoms with E-state index in [1.54, 1.807) is 0 Å². The van der Waals surface area contributed by atoms with Gasteiger partial charge in [0.05, 0.1) is 0 Å². The highest BCUT2D eigenvalue weighted by molar-refractivity contribution is 6.12. The lowest BCUT2D eigenvalue weighted by molar-refractivity contribution is 0.487. The molecular formula is C36H22O. The lowest BCUT2D eigenvalue weighted by Gasteiger charge is -2.22. The van der Waals surface area contributed by atoms with Crippen molar-refractivity contribution in [2.45, 2.75) is 0 Å². The molecule has 0 spiro atoms. The molecule has 0 atom stereocenters. The summed E-state index contributed by atoms with van der Waals surface area (Å²) in [6.45, 7) is 0. The SMILES string of the molecule is c1cc2c3c(cccc3c1)-c1cc(-c3ccc(-c4cccc5c4ccc4ccccc45)cc3)ccc1O2. The van der Waals surface area contributed by atoms with Gasteiger partial charge in [0.1, 0.15) is 11.5 Å². The molecule has 0 unspecified atom stereocenters. The first kappa shape index (κ1) is 20.3. The van der Waals surface area contributed by atoms with Gasteiger partial charge in [-0.15, -0.1) is 0 Å². The number of fused-ring (bicyclic) bond motifs is 5. The smallest absolute Gasteiger partial charge is 0.135 e. The fourth-order valence-electron chi connectivity index (χ4n) is 5.88. The molecule has 7 aromatic carbocycles. The molecule has 0 saturated carbocycles. The summed E-state index contributed by atoms with van der Waals surface area (Å²) in [6.07, 6.45) is 0. The van der Waals surface area contributed by atoms with E-state index in [4.69, 9.17) is 4.74 Å². The van der Waals surface area contributed by atoms with Crippen molar-refractivity contribution >= 4 is 32.3 Å². The van der Waals surface area contributed by atoms with Crippen molar-refractivity contribution in [2.75, 3.05) is 0 Å². The first-order valence-corrected chi connectivity index (χ1v) is 12.7. The Morgan fingerprint density at radius 1 is 0.351 bits per heavy atom. The molecule has 1 heterocycles. The van der Waals surface area contributed by atoms with Gasteiger partial charge in [0.25, 0.3) is 0 Å². The second-order valence-corrected chi connectivity index (χ2v) is 9.74. The molecule has 1 heteroatoms. The van der Waals surface area contributed by atoms with E-state index in [1.165, 1.54) is 60.1 Å². The van der Waals surface area contributed by atoms with E-state index in [0.717, 1.165) is 17.1 Å². The van der Waals surface area contributed by atoms with Crippen LogP contribution in [0.4, 0.5) is 0 Å². The summed E-state index contributed by atoms with van der Waals surface area (Å²) in [5.41, 5.74) is 7.25. The van der Waals surface area contributed by atoms with Crippen molar-refractivity contribution < 1.29 is 4.74 Å². The topological polar surface area (TPSA) is 9.23 Å². The van der Waals surface area contributed by atoms with Crippen LogP contribution in [0.15, 0.2) is 133 Å². The molecule has 1 aliphatic heterocycles. The number of hydrogen-bond donors (Lipinski definition) is 0. The Morgan fingerprint density at radius 3 is 1.97 bits per heavy atom. The Hall–Kier alpha value is -4.88. The predicted octanol–water partition coefficient (Wildman–Crippen LogP) is 10.3. The average molecular weight is 471 g/mol. The van der Waals surface area contributed by atoms with Crippen LogP contribution in [0.3, 0.4) is 0 Å². The van der Waals surface area contributed by atoms with E-state index in [-0.39, 0.29) is 0 Å². The molecule has 0 fully saturated rings. The van der Waals surface area contributed by atoms with Gasteiger partial charge in [-0.05, 0) is 72.9 Å². The maximum atomic E-state index is 6.29. The molecule has 0 aliphatic carbocycles. The van der Waals surface area contributed by atoms with Gasteiger partial charge in [-0.2, -0.15) is 0 Å². The van der Waals surface area contributed by atoms with E-state index in [9.17, 15) is 0 Å². The maximum absolute atomic E-state index is 6.29. The van der Waals surface area contributed by atoms with Crippen molar-refractivity contribution in [3.8, 4) is 44.9 Å². The van der Waals surface area contributed by atoms with E-state index >= 15 is 0 Å². The fraction of sp³-hybridized carbons (Fsp3) is 0. The maximum Gasteiger partial charge on any atom is 0.135 e. The molecule has 0 aromatic heterocycles. The zero-order valence-electron chi connectivity index (χ0n) is 20.1. The Balaban J connectivity index is 1.22. The largest absolute Gasteiger partial charge is 0.456 e. The standard InChI is InChI=1S/C36H22O/c1-2-9-28-24(6-1)18-20-31-29(10-5-11-30(28)31)25-16-14-23(15-17-25)27-19-21-34-33(22-27)32-12-3-7-26-8-4-13-35(37-34)36(26)32/h1-22H. The van der Waals surface area contributed by atoms with E-state index in [0.29, 0.717) is 0 Å². The van der Waals surface area contributed by atoms with E-state index in [2.05, 4.69) is 133 Å². The lowest BCUT2D eigenvalue weighted by Crippen LogP contribution is -1.97. The van der Waals surface area contributed by atoms with Gasteiger partial charge in [0.2, 0.25) is 0 Å². The van der Waals surface area contributed by atoms with Crippen LogP contribution in [0.1, 0.15) is 0 Å². The monoisotopic (exact) mass is 470 g/mol. The Kier molecular flexibility index (Phi) is 4.29. The number of hydrogen-bond acceptors (Lipinski definition) is 1. The summed E-state index contributed by atoms with van der Waals surface area (Å²) in [5.74, 6) is 1.84. The van der Waals surface area contributed by atoms with Gasteiger partial charge in [-0.1, -0.05) is 115 Å². The van der Waals surface area contributed by atoms with Crippen LogP contribution in [0.2, 0.25) is 0 Å². The van der Waals surface area contributed by atoms with Gasteiger partial charge in [-0.3, -0.25) is 0 Å². The predicted molar refractivity (Wildman–Crippen MR) is 155 cm³/mol. The molecule has 7 aromatic rings. The van der Waals surface area contributed by atoms with Crippen LogP contribution in [0.5, 0.6) is 11.5 Å². The normalized spacial score (nSPS) is 12.0. The zero-order chi connectivity index (χ0) is 24.3. The minimum Gasteiger partial charge on any atom is -0.456 e. The third-order valence-electron chi connectivity index (χ3n) is 7.67. The highest BCUT2D eigenvalue weighted by Gasteiger charge is 2.20. The Bertz CT molecular complexity index is 1990. The van der Waals surface area contributed by atoms with Gasteiger partial charge in [-0.25, -0.2) is 0 Å². The second-order valence-electron chi connectivity index (χ2n) is 9.74. The molecule has 0 radical (unpaired) electrons. The molecular weight excluding hydrogens is 448 g/mol. The highest BCUT2D eigenvalue weighted by atomic mass is 16.5. The molecule has 0 saturated heterocycles. The second kappa shape index (κ2) is 7.81. The minimum atomic E-state index is 0.912. The Labute approximate surface area is 215 Å². The Morgan fingerprint density at radius 2 is 1.05 bits per heavy atom. The summed E-state index contributed by atoms with van der Waals surface area (Å²) in [5, 5.41) is 7.55. The highest BCUT2D eigenvalue weighted by Crippen LogP contribution is 2.47. The van der Waals surface area contributed by atoms with Crippen molar-refractivity contribution in [3.63, 3.8) is 0 Å². The zero-order valence-corrected chi connectivity index (χ0v) is 20.1. The molecule has 0 bridgehead atoms. The van der Waals surface area contributed by atoms with Gasteiger partial charge >= 0.3 is 0 Å². The third kappa shape index (κ3) is 3.11. The van der Waals surface area contributed by atoms with Crippen molar-refractivity contribution in [2.24, 2.45) is 0 Å². The quantitative estimate of drug-likeness (QED) is 0.228. The first-order chi connectivity index (χ1) is 18.3. The van der Waals surface area contributed by atoms with Crippen LogP contribution in [-0.2, 0) is 0 Å². The number of ether oxygens (including phenoxy) is 1. The summed E-state index contributed by atoms with van der Waals surface area (Å²) in [6, 6.07) is 47.9. The van der Waals surface area contributed by atoms with Crippen molar-refractivity contribution in [1.82, 2.24) is 0 Å². The van der Waals surface area contributed by atoms with E-state index in [1.807, 2.05) is 0 Å². The first-order valence-electron chi connectivity index (χ1n) is 12.7. The van der Waals surface area contributed by atoms with Crippen molar-refractivity contribution in [3.05, 3.63) is 133 Å². The molecule has 8 rings (SSSR count). The van der Waals surface area contributed by atoms with E-state index < -0.39 is 0 Å². The molecule has 1 nitrogen and oxygen atoms in total. The summed E-state index contributed by atoms with van der Waals surface area (Å²) < 4.78 is 6.29. The third-order valence-corrected chi connectivity index (χ3v) is 7.67. The molecule has 37 heavy (non-hydrogen) atoms. The van der Waals surface area contributed by atoms with Gasteiger partial charge in [0.15, 0.2) is 0 Å². The van der Waals surface area contributed by atoms with Crippen LogP contribution in [-0.4, -0.2) is 0 Å². The van der Waals surface area contributed by atoms with Crippen LogP contribution >= 0.6 is 0 Å².